The molecule has 0 bridgehead atoms. The Morgan fingerprint density at radius 2 is 1.56 bits per heavy atom. The van der Waals surface area contributed by atoms with Gasteiger partial charge in [-0.15, -0.1) is 0 Å². The SMILES string of the molecule is CC(C)(N)C(=C1CCCCC1)C1CCC(N)CC1. The van der Waals surface area contributed by atoms with Gasteiger partial charge >= 0.3 is 0 Å². The van der Waals surface area contributed by atoms with E-state index in [-0.39, 0.29) is 5.54 Å². The molecule has 0 saturated heterocycles. The van der Waals surface area contributed by atoms with Gasteiger partial charge in [0.05, 0.1) is 0 Å². The summed E-state index contributed by atoms with van der Waals surface area (Å²) in [6, 6.07) is 0.430. The lowest BCUT2D eigenvalue weighted by Crippen LogP contribution is -2.41. The van der Waals surface area contributed by atoms with E-state index in [1.807, 2.05) is 0 Å². The van der Waals surface area contributed by atoms with Crippen LogP contribution < -0.4 is 11.5 Å². The number of rotatable bonds is 2. The third-order valence-corrected chi connectivity index (χ3v) is 4.71. The van der Waals surface area contributed by atoms with Crippen LogP contribution in [0.15, 0.2) is 11.1 Å². The first-order valence-corrected chi connectivity index (χ1v) is 7.75. The quantitative estimate of drug-likeness (QED) is 0.737. The van der Waals surface area contributed by atoms with Crippen molar-refractivity contribution in [3.63, 3.8) is 0 Å². The zero-order valence-corrected chi connectivity index (χ0v) is 12.2. The van der Waals surface area contributed by atoms with Gasteiger partial charge in [0.2, 0.25) is 0 Å². The molecule has 0 amide bonds. The summed E-state index contributed by atoms with van der Waals surface area (Å²) in [5.41, 5.74) is 15.7. The Hall–Kier alpha value is -0.340. The van der Waals surface area contributed by atoms with E-state index >= 15 is 0 Å². The molecule has 0 aromatic rings. The summed E-state index contributed by atoms with van der Waals surface area (Å²) in [4.78, 5) is 0. The molecular formula is C16H30N2. The van der Waals surface area contributed by atoms with Crippen molar-refractivity contribution >= 4 is 0 Å². The maximum atomic E-state index is 6.49. The molecule has 0 atom stereocenters. The minimum absolute atomic E-state index is 0.140. The molecule has 0 aromatic heterocycles. The molecule has 2 nitrogen and oxygen atoms in total. The van der Waals surface area contributed by atoms with Gasteiger partial charge in [-0.2, -0.15) is 0 Å². The average molecular weight is 250 g/mol. The van der Waals surface area contributed by atoms with Crippen LogP contribution >= 0.6 is 0 Å². The van der Waals surface area contributed by atoms with Gasteiger partial charge in [0.15, 0.2) is 0 Å². The van der Waals surface area contributed by atoms with Crippen LogP contribution in [0.3, 0.4) is 0 Å². The number of hydrogen-bond acceptors (Lipinski definition) is 2. The van der Waals surface area contributed by atoms with Gasteiger partial charge in [0.25, 0.3) is 0 Å². The van der Waals surface area contributed by atoms with E-state index in [1.165, 1.54) is 57.8 Å². The summed E-state index contributed by atoms with van der Waals surface area (Å²) < 4.78 is 0. The minimum atomic E-state index is -0.140. The topological polar surface area (TPSA) is 52.0 Å². The molecule has 2 saturated carbocycles. The van der Waals surface area contributed by atoms with Crippen molar-refractivity contribution in [2.24, 2.45) is 17.4 Å². The zero-order chi connectivity index (χ0) is 13.2. The Labute approximate surface area is 112 Å². The van der Waals surface area contributed by atoms with E-state index in [9.17, 15) is 0 Å². The molecule has 0 heterocycles. The molecule has 104 valence electrons. The maximum Gasteiger partial charge on any atom is 0.0316 e. The van der Waals surface area contributed by atoms with Crippen LogP contribution in [0.1, 0.15) is 71.6 Å². The molecule has 2 aliphatic rings. The Balaban J connectivity index is 2.20. The molecule has 0 unspecified atom stereocenters. The highest BCUT2D eigenvalue weighted by atomic mass is 14.7. The molecule has 18 heavy (non-hydrogen) atoms. The summed E-state index contributed by atoms with van der Waals surface area (Å²) in [7, 11) is 0. The Kier molecular flexibility index (Phi) is 4.50. The number of nitrogens with two attached hydrogens (primary N) is 2. The zero-order valence-electron chi connectivity index (χ0n) is 12.2. The highest BCUT2D eigenvalue weighted by Gasteiger charge is 2.31. The fourth-order valence-electron chi connectivity index (χ4n) is 3.93. The minimum Gasteiger partial charge on any atom is -0.328 e. The van der Waals surface area contributed by atoms with Crippen LogP contribution in [0.2, 0.25) is 0 Å². The van der Waals surface area contributed by atoms with Crippen LogP contribution in [0.4, 0.5) is 0 Å². The highest BCUT2D eigenvalue weighted by Crippen LogP contribution is 2.39. The van der Waals surface area contributed by atoms with Crippen LogP contribution in [-0.2, 0) is 0 Å². The van der Waals surface area contributed by atoms with Crippen LogP contribution in [-0.4, -0.2) is 11.6 Å². The molecule has 0 aromatic carbocycles. The first-order chi connectivity index (χ1) is 8.48. The highest BCUT2D eigenvalue weighted by molar-refractivity contribution is 5.28. The molecule has 2 fully saturated rings. The first kappa shape index (κ1) is 14.1. The Bertz CT molecular complexity index is 296. The lowest BCUT2D eigenvalue weighted by molar-refractivity contribution is 0.330. The standard InChI is InChI=1S/C16H30N2/c1-16(2,18)15(12-6-4-3-5-7-12)13-8-10-14(17)11-9-13/h13-14H,3-11,17-18H2,1-2H3. The van der Waals surface area contributed by atoms with Crippen LogP contribution in [0.5, 0.6) is 0 Å². The van der Waals surface area contributed by atoms with E-state index in [0.717, 1.165) is 0 Å². The van der Waals surface area contributed by atoms with Crippen molar-refractivity contribution in [1.82, 2.24) is 0 Å². The molecule has 2 aliphatic carbocycles. The fourth-order valence-corrected chi connectivity index (χ4v) is 3.93. The average Bonchev–Trinajstić information content (AvgIpc) is 2.32. The second kappa shape index (κ2) is 5.75. The smallest absolute Gasteiger partial charge is 0.0316 e. The molecular weight excluding hydrogens is 220 g/mol. The van der Waals surface area contributed by atoms with Crippen LogP contribution in [0.25, 0.3) is 0 Å². The summed E-state index contributed by atoms with van der Waals surface area (Å²) in [6.07, 6.45) is 11.6. The Morgan fingerprint density at radius 3 is 2.06 bits per heavy atom. The second-order valence-corrected chi connectivity index (χ2v) is 6.91. The summed E-state index contributed by atoms with van der Waals surface area (Å²) >= 11 is 0. The lowest BCUT2D eigenvalue weighted by atomic mass is 9.71. The summed E-state index contributed by atoms with van der Waals surface area (Å²) in [6.45, 7) is 4.39. The molecule has 2 heteroatoms. The van der Waals surface area contributed by atoms with Gasteiger partial charge in [-0.25, -0.2) is 0 Å². The fraction of sp³-hybridized carbons (Fsp3) is 0.875. The molecule has 0 aliphatic heterocycles. The predicted molar refractivity (Wildman–Crippen MR) is 78.3 cm³/mol. The lowest BCUT2D eigenvalue weighted by Gasteiger charge is -2.37. The molecule has 4 N–H and O–H groups in total. The summed E-state index contributed by atoms with van der Waals surface area (Å²) in [5, 5.41) is 0. The van der Waals surface area contributed by atoms with E-state index in [2.05, 4.69) is 13.8 Å². The molecule has 0 spiro atoms. The third-order valence-electron chi connectivity index (χ3n) is 4.71. The maximum absolute atomic E-state index is 6.49. The number of hydrogen-bond donors (Lipinski definition) is 2. The van der Waals surface area contributed by atoms with Crippen molar-refractivity contribution in [3.05, 3.63) is 11.1 Å². The van der Waals surface area contributed by atoms with E-state index < -0.39 is 0 Å². The second-order valence-electron chi connectivity index (χ2n) is 6.91. The Morgan fingerprint density at radius 1 is 1.00 bits per heavy atom. The predicted octanol–water partition coefficient (Wildman–Crippen LogP) is 3.50. The van der Waals surface area contributed by atoms with Crippen molar-refractivity contribution in [1.29, 1.82) is 0 Å². The van der Waals surface area contributed by atoms with Crippen molar-refractivity contribution in [2.75, 3.05) is 0 Å². The van der Waals surface area contributed by atoms with E-state index in [4.69, 9.17) is 11.5 Å². The van der Waals surface area contributed by atoms with Gasteiger partial charge in [0, 0.05) is 11.6 Å². The summed E-state index contributed by atoms with van der Waals surface area (Å²) in [5.74, 6) is 0.706. The first-order valence-electron chi connectivity index (χ1n) is 7.75. The monoisotopic (exact) mass is 250 g/mol. The van der Waals surface area contributed by atoms with E-state index in [1.54, 1.807) is 11.1 Å². The van der Waals surface area contributed by atoms with Crippen molar-refractivity contribution in [3.8, 4) is 0 Å². The van der Waals surface area contributed by atoms with Gasteiger partial charge in [-0.1, -0.05) is 12.0 Å². The van der Waals surface area contributed by atoms with Crippen molar-refractivity contribution < 1.29 is 0 Å². The van der Waals surface area contributed by atoms with Crippen molar-refractivity contribution in [2.45, 2.75) is 83.2 Å². The van der Waals surface area contributed by atoms with E-state index in [0.29, 0.717) is 12.0 Å². The van der Waals surface area contributed by atoms with Gasteiger partial charge in [-0.05, 0) is 76.7 Å². The number of allylic oxidation sites excluding steroid dienone is 1. The van der Waals surface area contributed by atoms with Crippen LogP contribution in [0, 0.1) is 5.92 Å². The molecule has 0 radical (unpaired) electrons. The third kappa shape index (κ3) is 3.36. The van der Waals surface area contributed by atoms with Gasteiger partial charge in [-0.3, -0.25) is 0 Å². The molecule has 2 rings (SSSR count). The van der Waals surface area contributed by atoms with Gasteiger partial charge in [0.1, 0.15) is 0 Å². The van der Waals surface area contributed by atoms with Gasteiger partial charge < -0.3 is 11.5 Å². The normalized spacial score (nSPS) is 30.3. The largest absolute Gasteiger partial charge is 0.328 e.